The maximum Gasteiger partial charge on any atom is 0.156 e. The van der Waals surface area contributed by atoms with E-state index < -0.39 is 0 Å². The molecule has 0 aliphatic carbocycles. The molecule has 2 rings (SSSR count). The first kappa shape index (κ1) is 11.5. The summed E-state index contributed by atoms with van der Waals surface area (Å²) in [6.07, 6.45) is 6.20. The molecule has 1 atom stereocenters. The molecule has 0 bridgehead atoms. The molecule has 88 valence electrons. The van der Waals surface area contributed by atoms with Crippen LogP contribution in [0.3, 0.4) is 0 Å². The Morgan fingerprint density at radius 1 is 1.69 bits per heavy atom. The molecule has 1 saturated heterocycles. The number of rotatable bonds is 4. The van der Waals surface area contributed by atoms with E-state index in [1.807, 2.05) is 28.7 Å². The highest BCUT2D eigenvalue weighted by molar-refractivity contribution is 8.13. The first-order valence-corrected chi connectivity index (χ1v) is 6.78. The van der Waals surface area contributed by atoms with Gasteiger partial charge in [0.15, 0.2) is 5.17 Å². The van der Waals surface area contributed by atoms with E-state index in [0.717, 1.165) is 18.3 Å². The minimum absolute atomic E-state index is 0.615. The average Bonchev–Trinajstić information content (AvgIpc) is 2.82. The van der Waals surface area contributed by atoms with E-state index in [1.165, 1.54) is 18.6 Å². The predicted octanol–water partition coefficient (Wildman–Crippen LogP) is 1.74. The SMILES string of the molecule is CCC1CCSC(=NCCn2cccn2)N1. The van der Waals surface area contributed by atoms with Crippen molar-refractivity contribution in [2.45, 2.75) is 32.4 Å². The smallest absolute Gasteiger partial charge is 0.156 e. The van der Waals surface area contributed by atoms with Gasteiger partial charge in [-0.15, -0.1) is 0 Å². The average molecular weight is 238 g/mol. The first-order chi connectivity index (χ1) is 7.88. The Kier molecular flexibility index (Phi) is 4.27. The summed E-state index contributed by atoms with van der Waals surface area (Å²) in [5.41, 5.74) is 0. The lowest BCUT2D eigenvalue weighted by molar-refractivity contribution is 0.568. The molecule has 1 N–H and O–H groups in total. The van der Waals surface area contributed by atoms with Crippen LogP contribution in [0.5, 0.6) is 0 Å². The summed E-state index contributed by atoms with van der Waals surface area (Å²) in [5, 5.41) is 8.72. The second kappa shape index (κ2) is 5.94. The largest absolute Gasteiger partial charge is 0.362 e. The maximum absolute atomic E-state index is 4.56. The zero-order valence-corrected chi connectivity index (χ0v) is 10.4. The summed E-state index contributed by atoms with van der Waals surface area (Å²) in [6.45, 7) is 3.87. The fraction of sp³-hybridized carbons (Fsp3) is 0.636. The Morgan fingerprint density at radius 3 is 3.38 bits per heavy atom. The Bertz CT molecular complexity index is 334. The van der Waals surface area contributed by atoms with Crippen LogP contribution in [-0.4, -0.2) is 33.3 Å². The molecule has 1 aliphatic rings. The molecule has 1 aromatic rings. The van der Waals surface area contributed by atoms with Crippen LogP contribution in [0.1, 0.15) is 19.8 Å². The molecule has 0 amide bonds. The van der Waals surface area contributed by atoms with Gasteiger partial charge in [-0.3, -0.25) is 9.67 Å². The lowest BCUT2D eigenvalue weighted by atomic mass is 10.2. The quantitative estimate of drug-likeness (QED) is 0.869. The molecule has 1 fully saturated rings. The van der Waals surface area contributed by atoms with Gasteiger partial charge in [0.2, 0.25) is 0 Å². The lowest BCUT2D eigenvalue weighted by Gasteiger charge is -2.24. The van der Waals surface area contributed by atoms with Crippen LogP contribution >= 0.6 is 11.8 Å². The van der Waals surface area contributed by atoms with Gasteiger partial charge >= 0.3 is 0 Å². The highest BCUT2D eigenvalue weighted by Crippen LogP contribution is 2.15. The molecule has 0 saturated carbocycles. The van der Waals surface area contributed by atoms with Crippen LogP contribution in [0.4, 0.5) is 0 Å². The number of thioether (sulfide) groups is 1. The van der Waals surface area contributed by atoms with Crippen LogP contribution in [0.15, 0.2) is 23.5 Å². The standard InChI is InChI=1S/C11H18N4S/c1-2-10-4-9-16-11(14-10)12-6-8-15-7-3-5-13-15/h3,5,7,10H,2,4,6,8-9H2,1H3,(H,12,14). The molecule has 1 unspecified atom stereocenters. The van der Waals surface area contributed by atoms with Crippen molar-refractivity contribution in [3.63, 3.8) is 0 Å². The third-order valence-corrected chi connectivity index (χ3v) is 3.63. The first-order valence-electron chi connectivity index (χ1n) is 5.79. The zero-order chi connectivity index (χ0) is 11.2. The molecule has 0 spiro atoms. The number of hydrogen-bond donors (Lipinski definition) is 1. The van der Waals surface area contributed by atoms with E-state index in [2.05, 4.69) is 22.3 Å². The van der Waals surface area contributed by atoms with Crippen LogP contribution in [0.25, 0.3) is 0 Å². The van der Waals surface area contributed by atoms with Gasteiger partial charge in [-0.05, 0) is 18.9 Å². The summed E-state index contributed by atoms with van der Waals surface area (Å²) < 4.78 is 1.91. The van der Waals surface area contributed by atoms with Gasteiger partial charge in [0, 0.05) is 24.2 Å². The van der Waals surface area contributed by atoms with E-state index in [0.29, 0.717) is 6.04 Å². The number of aromatic nitrogens is 2. The molecule has 0 aromatic carbocycles. The van der Waals surface area contributed by atoms with Gasteiger partial charge in [-0.1, -0.05) is 18.7 Å². The molecule has 0 radical (unpaired) electrons. The van der Waals surface area contributed by atoms with E-state index in [9.17, 15) is 0 Å². The molecule has 1 aromatic heterocycles. The monoisotopic (exact) mass is 238 g/mol. The van der Waals surface area contributed by atoms with Crippen molar-refractivity contribution in [3.05, 3.63) is 18.5 Å². The fourth-order valence-corrected chi connectivity index (χ4v) is 2.70. The van der Waals surface area contributed by atoms with Gasteiger partial charge in [0.1, 0.15) is 0 Å². The van der Waals surface area contributed by atoms with E-state index in [4.69, 9.17) is 0 Å². The third kappa shape index (κ3) is 3.27. The van der Waals surface area contributed by atoms with Gasteiger partial charge in [0.05, 0.1) is 13.1 Å². The molecular formula is C11H18N4S. The van der Waals surface area contributed by atoms with Crippen molar-refractivity contribution < 1.29 is 0 Å². The molecule has 2 heterocycles. The summed E-state index contributed by atoms with van der Waals surface area (Å²) in [6, 6.07) is 2.55. The molecule has 4 nitrogen and oxygen atoms in total. The second-order valence-electron chi connectivity index (χ2n) is 3.84. The van der Waals surface area contributed by atoms with Gasteiger partial charge < -0.3 is 5.32 Å². The van der Waals surface area contributed by atoms with Crippen molar-refractivity contribution in [2.24, 2.45) is 4.99 Å². The fourth-order valence-electron chi connectivity index (χ4n) is 1.67. The highest BCUT2D eigenvalue weighted by atomic mass is 32.2. The summed E-state index contributed by atoms with van der Waals surface area (Å²) >= 11 is 1.83. The number of hydrogen-bond acceptors (Lipinski definition) is 3. The zero-order valence-electron chi connectivity index (χ0n) is 9.59. The number of aliphatic imine (C=N–C) groups is 1. The molecule has 1 aliphatic heterocycles. The van der Waals surface area contributed by atoms with Crippen molar-refractivity contribution >= 4 is 16.9 Å². The Labute approximate surface area is 101 Å². The van der Waals surface area contributed by atoms with Crippen molar-refractivity contribution in [3.8, 4) is 0 Å². The van der Waals surface area contributed by atoms with Crippen LogP contribution in [-0.2, 0) is 6.54 Å². The normalized spacial score (nSPS) is 23.3. The molecular weight excluding hydrogens is 220 g/mol. The van der Waals surface area contributed by atoms with E-state index in [1.54, 1.807) is 6.20 Å². The maximum atomic E-state index is 4.56. The van der Waals surface area contributed by atoms with Crippen molar-refractivity contribution in [1.29, 1.82) is 0 Å². The Balaban J connectivity index is 1.78. The van der Waals surface area contributed by atoms with Crippen molar-refractivity contribution in [1.82, 2.24) is 15.1 Å². The lowest BCUT2D eigenvalue weighted by Crippen LogP contribution is -2.37. The van der Waals surface area contributed by atoms with Gasteiger partial charge in [-0.2, -0.15) is 5.10 Å². The van der Waals surface area contributed by atoms with E-state index in [-0.39, 0.29) is 0 Å². The number of amidine groups is 1. The molecule has 16 heavy (non-hydrogen) atoms. The third-order valence-electron chi connectivity index (χ3n) is 2.67. The summed E-state index contributed by atoms with van der Waals surface area (Å²) in [7, 11) is 0. The number of nitrogens with one attached hydrogen (secondary N) is 1. The summed E-state index contributed by atoms with van der Waals surface area (Å²) in [5.74, 6) is 1.19. The Morgan fingerprint density at radius 2 is 2.62 bits per heavy atom. The van der Waals surface area contributed by atoms with Crippen LogP contribution < -0.4 is 5.32 Å². The molecule has 5 heteroatoms. The van der Waals surface area contributed by atoms with Crippen LogP contribution in [0.2, 0.25) is 0 Å². The van der Waals surface area contributed by atoms with Gasteiger partial charge in [-0.25, -0.2) is 0 Å². The second-order valence-corrected chi connectivity index (χ2v) is 4.93. The van der Waals surface area contributed by atoms with E-state index >= 15 is 0 Å². The van der Waals surface area contributed by atoms with Crippen LogP contribution in [0, 0.1) is 0 Å². The highest BCUT2D eigenvalue weighted by Gasteiger charge is 2.14. The van der Waals surface area contributed by atoms with Crippen molar-refractivity contribution in [2.75, 3.05) is 12.3 Å². The topological polar surface area (TPSA) is 42.2 Å². The number of nitrogens with zero attached hydrogens (tertiary/aromatic N) is 3. The minimum Gasteiger partial charge on any atom is -0.362 e. The van der Waals surface area contributed by atoms with Gasteiger partial charge in [0.25, 0.3) is 0 Å². The Hall–Kier alpha value is -0.970. The predicted molar refractivity (Wildman–Crippen MR) is 68.8 cm³/mol. The minimum atomic E-state index is 0.615. The summed E-state index contributed by atoms with van der Waals surface area (Å²) in [4.78, 5) is 4.56.